The lowest BCUT2D eigenvalue weighted by Gasteiger charge is -2.30. The lowest BCUT2D eigenvalue weighted by atomic mass is 9.73. The van der Waals surface area contributed by atoms with E-state index in [9.17, 15) is 0 Å². The monoisotopic (exact) mass is 670 g/mol. The van der Waals surface area contributed by atoms with Crippen molar-refractivity contribution in [3.05, 3.63) is 193 Å². The van der Waals surface area contributed by atoms with Crippen LogP contribution in [0.2, 0.25) is 0 Å². The van der Waals surface area contributed by atoms with Crippen LogP contribution in [0, 0.1) is 0 Å². The van der Waals surface area contributed by atoms with Gasteiger partial charge in [-0.2, -0.15) is 0 Å². The number of hydrogen-bond acceptors (Lipinski definition) is 0. The Kier molecular flexibility index (Phi) is 12.5. The molecule has 2 atom stereocenters. The van der Waals surface area contributed by atoms with E-state index in [-0.39, 0.29) is 16.2 Å². The maximum absolute atomic E-state index is 4.18. The molecule has 51 heavy (non-hydrogen) atoms. The number of allylic oxidation sites excluding steroid dienone is 4. The predicted octanol–water partition coefficient (Wildman–Crippen LogP) is 14.8. The summed E-state index contributed by atoms with van der Waals surface area (Å²) in [5, 5.41) is 0. The SMILES string of the molecule is C=CC1(C)c2ccccc2-c2cc3c(cc21)-c1ccccc1C3(C)C=C.C=CCC1(CC=C)c2ccccc2-c2ccccc21.CC.CC.CC. The maximum atomic E-state index is 4.18. The van der Waals surface area contributed by atoms with Gasteiger partial charge in [-0.05, 0) is 106 Å². The summed E-state index contributed by atoms with van der Waals surface area (Å²) >= 11 is 0. The highest BCUT2D eigenvalue weighted by molar-refractivity contribution is 5.90. The second-order valence-corrected chi connectivity index (χ2v) is 13.0. The standard InChI is InChI=1S/C26H22.C19H18.3C2H6/c1-5-25(3)21-13-9-7-11-17(21)19-16-24-20(15-23(19)25)18-12-8-10-14-22(18)26(24,4)6-2;1-3-13-19(14-4-2)17-11-7-5-9-15(17)16-10-6-8-12-18(16)19;3*1-2/h5-16H,1-2H2,3-4H3;3-12H,1-2,13-14H2;3*1-2H3. The Hall–Kier alpha value is -4.94. The van der Waals surface area contributed by atoms with Crippen molar-refractivity contribution in [3.8, 4) is 33.4 Å². The van der Waals surface area contributed by atoms with Crippen molar-refractivity contribution in [2.45, 2.75) is 84.5 Å². The molecule has 0 saturated heterocycles. The number of fused-ring (bicyclic) bond motifs is 9. The lowest BCUT2D eigenvalue weighted by molar-refractivity contribution is 0.543. The molecular weight excluding hydrogens is 613 g/mol. The van der Waals surface area contributed by atoms with E-state index >= 15 is 0 Å². The van der Waals surface area contributed by atoms with Crippen LogP contribution in [0.15, 0.2) is 160 Å². The zero-order valence-corrected chi connectivity index (χ0v) is 32.4. The summed E-state index contributed by atoms with van der Waals surface area (Å²) in [5.41, 5.74) is 16.0. The van der Waals surface area contributed by atoms with E-state index in [0.29, 0.717) is 0 Å². The molecule has 0 spiro atoms. The van der Waals surface area contributed by atoms with Crippen LogP contribution in [0.5, 0.6) is 0 Å². The molecule has 0 aromatic heterocycles. The molecule has 3 aliphatic carbocycles. The fourth-order valence-electron chi connectivity index (χ4n) is 8.41. The molecule has 5 aromatic rings. The average Bonchev–Trinajstić information content (AvgIpc) is 3.73. The second-order valence-electron chi connectivity index (χ2n) is 13.0. The van der Waals surface area contributed by atoms with Gasteiger partial charge >= 0.3 is 0 Å². The average molecular weight is 671 g/mol. The molecule has 0 N–H and O–H groups in total. The topological polar surface area (TPSA) is 0 Å². The lowest BCUT2D eigenvalue weighted by Crippen LogP contribution is -2.23. The molecule has 0 amide bonds. The van der Waals surface area contributed by atoms with Gasteiger partial charge in [0, 0.05) is 16.2 Å². The van der Waals surface area contributed by atoms with Gasteiger partial charge in [0.25, 0.3) is 0 Å². The van der Waals surface area contributed by atoms with E-state index in [2.05, 4.69) is 162 Å². The molecule has 0 fully saturated rings. The van der Waals surface area contributed by atoms with E-state index in [0.717, 1.165) is 12.8 Å². The normalized spacial score (nSPS) is 18.2. The van der Waals surface area contributed by atoms with Crippen LogP contribution in [0.4, 0.5) is 0 Å². The van der Waals surface area contributed by atoms with Crippen molar-refractivity contribution >= 4 is 0 Å². The second kappa shape index (κ2) is 16.4. The Labute approximate surface area is 310 Å². The van der Waals surface area contributed by atoms with Gasteiger partial charge < -0.3 is 0 Å². The van der Waals surface area contributed by atoms with Gasteiger partial charge in [0.1, 0.15) is 0 Å². The van der Waals surface area contributed by atoms with Gasteiger partial charge in [-0.25, -0.2) is 0 Å². The van der Waals surface area contributed by atoms with Crippen molar-refractivity contribution < 1.29 is 0 Å². The molecule has 0 heterocycles. The highest BCUT2D eigenvalue weighted by Gasteiger charge is 2.43. The Morgan fingerprint density at radius 2 is 0.667 bits per heavy atom. The van der Waals surface area contributed by atoms with E-state index in [4.69, 9.17) is 0 Å². The van der Waals surface area contributed by atoms with E-state index in [1.54, 1.807) is 0 Å². The summed E-state index contributed by atoms with van der Waals surface area (Å²) in [6.07, 6.45) is 10.2. The Balaban J connectivity index is 0.000000207. The van der Waals surface area contributed by atoms with Crippen molar-refractivity contribution in [2.75, 3.05) is 0 Å². The third-order valence-electron chi connectivity index (χ3n) is 10.8. The van der Waals surface area contributed by atoms with Crippen LogP contribution in [-0.4, -0.2) is 0 Å². The van der Waals surface area contributed by atoms with Gasteiger partial charge in [0.15, 0.2) is 0 Å². The molecular formula is C51H58. The predicted molar refractivity (Wildman–Crippen MR) is 227 cm³/mol. The highest BCUT2D eigenvalue weighted by Crippen LogP contribution is 2.57. The first-order valence-electron chi connectivity index (χ1n) is 18.9. The molecule has 0 radical (unpaired) electrons. The Morgan fingerprint density at radius 1 is 0.392 bits per heavy atom. The van der Waals surface area contributed by atoms with Crippen LogP contribution in [0.3, 0.4) is 0 Å². The van der Waals surface area contributed by atoms with Crippen LogP contribution in [0.25, 0.3) is 33.4 Å². The van der Waals surface area contributed by atoms with Gasteiger partial charge in [0.2, 0.25) is 0 Å². The summed E-state index contributed by atoms with van der Waals surface area (Å²) < 4.78 is 0. The summed E-state index contributed by atoms with van der Waals surface area (Å²) in [5.74, 6) is 0. The third-order valence-corrected chi connectivity index (χ3v) is 10.8. The number of benzene rings is 5. The van der Waals surface area contributed by atoms with Crippen molar-refractivity contribution in [3.63, 3.8) is 0 Å². The Bertz CT molecular complexity index is 1870. The molecule has 2 unspecified atom stereocenters. The zero-order chi connectivity index (χ0) is 37.4. The fourth-order valence-corrected chi connectivity index (χ4v) is 8.41. The third kappa shape index (κ3) is 6.10. The van der Waals surface area contributed by atoms with Crippen LogP contribution < -0.4 is 0 Å². The summed E-state index contributed by atoms with van der Waals surface area (Å²) in [7, 11) is 0. The first kappa shape index (κ1) is 38.9. The summed E-state index contributed by atoms with van der Waals surface area (Å²) in [6, 6.07) is 39.7. The molecule has 5 aromatic carbocycles. The first-order chi connectivity index (χ1) is 24.9. The molecule has 0 heteroatoms. The van der Waals surface area contributed by atoms with Crippen LogP contribution in [-0.2, 0) is 16.2 Å². The molecule has 0 saturated carbocycles. The van der Waals surface area contributed by atoms with Crippen molar-refractivity contribution in [1.29, 1.82) is 0 Å². The van der Waals surface area contributed by atoms with E-state index < -0.39 is 0 Å². The quantitative estimate of drug-likeness (QED) is 0.158. The van der Waals surface area contributed by atoms with Gasteiger partial charge in [-0.15, -0.1) is 26.3 Å². The van der Waals surface area contributed by atoms with E-state index in [1.165, 1.54) is 66.8 Å². The smallest absolute Gasteiger partial charge is 0.0363 e. The number of hydrogen-bond donors (Lipinski definition) is 0. The van der Waals surface area contributed by atoms with Crippen molar-refractivity contribution in [1.82, 2.24) is 0 Å². The van der Waals surface area contributed by atoms with Crippen LogP contribution in [0.1, 0.15) is 102 Å². The first-order valence-corrected chi connectivity index (χ1v) is 18.9. The number of rotatable bonds is 6. The van der Waals surface area contributed by atoms with E-state index in [1.807, 2.05) is 53.7 Å². The fraction of sp³-hybridized carbons (Fsp3) is 0.255. The largest absolute Gasteiger partial charge is 0.103 e. The molecule has 0 bridgehead atoms. The highest BCUT2D eigenvalue weighted by atomic mass is 14.5. The van der Waals surface area contributed by atoms with Crippen molar-refractivity contribution in [2.24, 2.45) is 0 Å². The summed E-state index contributed by atoms with van der Waals surface area (Å²) in [4.78, 5) is 0. The molecule has 0 nitrogen and oxygen atoms in total. The Morgan fingerprint density at radius 3 is 0.961 bits per heavy atom. The molecule has 8 rings (SSSR count). The minimum absolute atomic E-state index is 0.0245. The maximum Gasteiger partial charge on any atom is 0.0363 e. The molecule has 3 aliphatic rings. The zero-order valence-electron chi connectivity index (χ0n) is 32.4. The molecule has 0 aliphatic heterocycles. The minimum Gasteiger partial charge on any atom is -0.103 e. The summed E-state index contributed by atoms with van der Waals surface area (Å²) in [6.45, 7) is 32.8. The van der Waals surface area contributed by atoms with Crippen LogP contribution >= 0.6 is 0 Å². The van der Waals surface area contributed by atoms with Gasteiger partial charge in [-0.3, -0.25) is 0 Å². The van der Waals surface area contributed by atoms with Gasteiger partial charge in [0.05, 0.1) is 0 Å². The minimum atomic E-state index is -0.150. The van der Waals surface area contributed by atoms with Gasteiger partial charge in [-0.1, -0.05) is 163 Å². The molecule has 262 valence electrons.